The molecule has 1 aromatic carbocycles. The quantitative estimate of drug-likeness (QED) is 0.598. The molecule has 1 atom stereocenters. The molecule has 0 aromatic heterocycles. The molecule has 0 unspecified atom stereocenters. The summed E-state index contributed by atoms with van der Waals surface area (Å²) in [7, 11) is 0. The van der Waals surface area contributed by atoms with Crippen LogP contribution < -0.4 is 0 Å². The fourth-order valence-corrected chi connectivity index (χ4v) is 2.17. The first-order valence-electron chi connectivity index (χ1n) is 6.05. The minimum atomic E-state index is -1.29. The molecule has 0 bridgehead atoms. The number of fused-ring (bicyclic) bond motifs is 1. The van der Waals surface area contributed by atoms with Gasteiger partial charge in [-0.1, -0.05) is 0 Å². The van der Waals surface area contributed by atoms with E-state index in [4.69, 9.17) is 5.11 Å². The van der Waals surface area contributed by atoms with Crippen molar-refractivity contribution in [2.45, 2.75) is 18.9 Å². The lowest BCUT2D eigenvalue weighted by molar-refractivity contribution is -0.139. The summed E-state index contributed by atoms with van der Waals surface area (Å²) in [6.45, 7) is 0. The second kappa shape index (κ2) is 5.37. The highest BCUT2D eigenvalue weighted by Crippen LogP contribution is 2.36. The molecule has 2 rings (SSSR count). The molecular weight excluding hydrogens is 280 g/mol. The molecule has 0 spiro atoms. The topological polar surface area (TPSA) is 132 Å². The molecule has 0 saturated heterocycles. The second-order valence-electron chi connectivity index (χ2n) is 4.67. The van der Waals surface area contributed by atoms with Crippen LogP contribution in [-0.2, 0) is 4.79 Å². The first kappa shape index (κ1) is 14.7. The second-order valence-corrected chi connectivity index (χ2v) is 4.67. The zero-order chi connectivity index (χ0) is 15.7. The summed E-state index contributed by atoms with van der Waals surface area (Å²) >= 11 is 0. The maximum atomic E-state index is 12.2. The van der Waals surface area contributed by atoms with E-state index in [9.17, 15) is 29.7 Å². The van der Waals surface area contributed by atoms with Gasteiger partial charge < -0.3 is 20.4 Å². The Bertz CT molecular complexity index is 672. The Morgan fingerprint density at radius 1 is 1.19 bits per heavy atom. The number of aromatic hydroxyl groups is 2. The minimum absolute atomic E-state index is 0.0358. The lowest BCUT2D eigenvalue weighted by Gasteiger charge is -2.18. The largest absolute Gasteiger partial charge is 0.504 e. The number of carbonyl (C=O) groups is 3. The van der Waals surface area contributed by atoms with Gasteiger partial charge in [-0.05, 0) is 18.2 Å². The Morgan fingerprint density at radius 3 is 2.48 bits per heavy atom. The SMILES string of the molecule is O=C(O)C[C@@H](O)CC1=CC(=O)c2c(ccc(O)c2O)C1=O. The first-order valence-corrected chi connectivity index (χ1v) is 6.05. The number of carbonyl (C=O) groups excluding carboxylic acids is 2. The van der Waals surface area contributed by atoms with Crippen LogP contribution in [0.4, 0.5) is 0 Å². The Labute approximate surface area is 118 Å². The molecule has 0 saturated carbocycles. The van der Waals surface area contributed by atoms with E-state index >= 15 is 0 Å². The number of phenols is 2. The van der Waals surface area contributed by atoms with Crippen LogP contribution in [0.15, 0.2) is 23.8 Å². The maximum absolute atomic E-state index is 12.2. The van der Waals surface area contributed by atoms with Crippen molar-refractivity contribution in [2.75, 3.05) is 0 Å². The molecule has 0 radical (unpaired) electrons. The molecule has 0 amide bonds. The van der Waals surface area contributed by atoms with Crippen LogP contribution in [0.1, 0.15) is 33.6 Å². The molecule has 4 N–H and O–H groups in total. The van der Waals surface area contributed by atoms with Crippen molar-refractivity contribution < 1.29 is 34.8 Å². The monoisotopic (exact) mass is 292 g/mol. The average molecular weight is 292 g/mol. The molecule has 0 aliphatic heterocycles. The predicted molar refractivity (Wildman–Crippen MR) is 69.4 cm³/mol. The maximum Gasteiger partial charge on any atom is 0.305 e. The van der Waals surface area contributed by atoms with Crippen molar-refractivity contribution in [1.29, 1.82) is 0 Å². The van der Waals surface area contributed by atoms with Crippen molar-refractivity contribution in [1.82, 2.24) is 0 Å². The van der Waals surface area contributed by atoms with Crippen LogP contribution in [-0.4, -0.2) is 44.1 Å². The standard InChI is InChI=1S/C14H12O7/c15-7(5-11(18)19)3-6-4-10(17)12-8(13(6)20)1-2-9(16)14(12)21/h1-2,4,7,15-16,21H,3,5H2,(H,18,19)/t7-/m0/s1. The summed E-state index contributed by atoms with van der Waals surface area (Å²) in [5.74, 6) is -3.69. The highest BCUT2D eigenvalue weighted by atomic mass is 16.4. The Balaban J connectivity index is 2.34. The highest BCUT2D eigenvalue weighted by Gasteiger charge is 2.30. The van der Waals surface area contributed by atoms with Crippen molar-refractivity contribution in [3.63, 3.8) is 0 Å². The number of hydrogen-bond donors (Lipinski definition) is 4. The lowest BCUT2D eigenvalue weighted by atomic mass is 9.86. The molecule has 1 aliphatic carbocycles. The zero-order valence-electron chi connectivity index (χ0n) is 10.7. The Hall–Kier alpha value is -2.67. The van der Waals surface area contributed by atoms with Crippen LogP contribution in [0.3, 0.4) is 0 Å². The number of Topliss-reactive ketones (excluding diaryl/α,β-unsaturated/α-hetero) is 1. The van der Waals surface area contributed by atoms with E-state index in [1.807, 2.05) is 0 Å². The van der Waals surface area contributed by atoms with E-state index < -0.39 is 41.6 Å². The van der Waals surface area contributed by atoms with E-state index in [1.165, 1.54) is 6.07 Å². The average Bonchev–Trinajstić information content (AvgIpc) is 2.37. The third-order valence-corrected chi connectivity index (χ3v) is 3.11. The lowest BCUT2D eigenvalue weighted by Crippen LogP contribution is -2.22. The van der Waals surface area contributed by atoms with Crippen molar-refractivity contribution in [3.8, 4) is 11.5 Å². The van der Waals surface area contributed by atoms with Gasteiger partial charge in [-0.15, -0.1) is 0 Å². The van der Waals surface area contributed by atoms with Gasteiger partial charge in [-0.3, -0.25) is 14.4 Å². The number of carboxylic acid groups (broad SMARTS) is 1. The van der Waals surface area contributed by atoms with Gasteiger partial charge in [0.25, 0.3) is 0 Å². The first-order chi connectivity index (χ1) is 9.81. The third kappa shape index (κ3) is 2.77. The number of benzene rings is 1. The summed E-state index contributed by atoms with van der Waals surface area (Å²) in [4.78, 5) is 34.6. The summed E-state index contributed by atoms with van der Waals surface area (Å²) in [5.41, 5.74) is -0.418. The zero-order valence-corrected chi connectivity index (χ0v) is 10.7. The van der Waals surface area contributed by atoms with Crippen LogP contribution in [0, 0.1) is 0 Å². The molecule has 0 fully saturated rings. The number of aliphatic hydroxyl groups excluding tert-OH is 1. The van der Waals surface area contributed by atoms with Crippen LogP contribution in [0.25, 0.3) is 0 Å². The number of ketones is 2. The van der Waals surface area contributed by atoms with E-state index in [2.05, 4.69) is 0 Å². The van der Waals surface area contributed by atoms with Gasteiger partial charge in [0.05, 0.1) is 18.1 Å². The van der Waals surface area contributed by atoms with E-state index in [-0.39, 0.29) is 23.1 Å². The number of aliphatic carboxylic acids is 1. The predicted octanol–water partition coefficient (Wildman–Crippen LogP) is 0.629. The molecule has 0 heterocycles. The fraction of sp³-hybridized carbons (Fsp3) is 0.214. The summed E-state index contributed by atoms with van der Waals surface area (Å²) < 4.78 is 0. The molecule has 1 aliphatic rings. The van der Waals surface area contributed by atoms with Crippen molar-refractivity contribution in [2.24, 2.45) is 0 Å². The molecule has 7 nitrogen and oxygen atoms in total. The summed E-state index contributed by atoms with van der Waals surface area (Å²) in [6, 6.07) is 2.27. The number of aliphatic hydroxyl groups is 1. The molecule has 7 heteroatoms. The smallest absolute Gasteiger partial charge is 0.305 e. The van der Waals surface area contributed by atoms with Crippen molar-refractivity contribution >= 4 is 17.5 Å². The fourth-order valence-electron chi connectivity index (χ4n) is 2.17. The Morgan fingerprint density at radius 2 is 1.86 bits per heavy atom. The van der Waals surface area contributed by atoms with Gasteiger partial charge >= 0.3 is 5.97 Å². The molecular formula is C14H12O7. The Kier molecular flexibility index (Phi) is 3.77. The number of carboxylic acids is 1. The van der Waals surface area contributed by atoms with E-state index in [0.717, 1.165) is 12.1 Å². The van der Waals surface area contributed by atoms with E-state index in [1.54, 1.807) is 0 Å². The van der Waals surface area contributed by atoms with Gasteiger partial charge in [0.1, 0.15) is 0 Å². The van der Waals surface area contributed by atoms with Gasteiger partial charge in [0.2, 0.25) is 0 Å². The van der Waals surface area contributed by atoms with Gasteiger partial charge in [0, 0.05) is 17.6 Å². The minimum Gasteiger partial charge on any atom is -0.504 e. The van der Waals surface area contributed by atoms with Gasteiger partial charge in [-0.2, -0.15) is 0 Å². The van der Waals surface area contributed by atoms with E-state index in [0.29, 0.717) is 0 Å². The van der Waals surface area contributed by atoms with Crippen molar-refractivity contribution in [3.05, 3.63) is 34.9 Å². The van der Waals surface area contributed by atoms with Crippen LogP contribution >= 0.6 is 0 Å². The summed E-state index contributed by atoms with van der Waals surface area (Å²) in [5, 5.41) is 37.1. The highest BCUT2D eigenvalue weighted by molar-refractivity contribution is 6.25. The van der Waals surface area contributed by atoms with Gasteiger partial charge in [0.15, 0.2) is 23.1 Å². The van der Waals surface area contributed by atoms with Crippen LogP contribution in [0.5, 0.6) is 11.5 Å². The number of rotatable bonds is 4. The number of hydrogen-bond acceptors (Lipinski definition) is 6. The molecule has 21 heavy (non-hydrogen) atoms. The summed E-state index contributed by atoms with van der Waals surface area (Å²) in [6.07, 6.45) is -1.18. The van der Waals surface area contributed by atoms with Gasteiger partial charge in [-0.25, -0.2) is 0 Å². The third-order valence-electron chi connectivity index (χ3n) is 3.11. The normalized spacial score (nSPS) is 15.4. The molecule has 1 aromatic rings. The molecule has 110 valence electrons. The number of allylic oxidation sites excluding steroid dienone is 1. The number of phenolic OH excluding ortho intramolecular Hbond substituents is 2. The van der Waals surface area contributed by atoms with Crippen LogP contribution in [0.2, 0.25) is 0 Å².